The molecule has 0 aliphatic heterocycles. The predicted octanol–water partition coefficient (Wildman–Crippen LogP) is 3.48. The topological polar surface area (TPSA) is 75.6 Å². The fourth-order valence-electron chi connectivity index (χ4n) is 2.36. The second kappa shape index (κ2) is 7.83. The van der Waals surface area contributed by atoms with E-state index in [1.807, 2.05) is 48.5 Å². The lowest BCUT2D eigenvalue weighted by atomic mass is 9.89. The minimum absolute atomic E-state index is 0.0514. The fourth-order valence-corrected chi connectivity index (χ4v) is 2.36. The van der Waals surface area contributed by atoms with Gasteiger partial charge in [0.25, 0.3) is 0 Å². The van der Waals surface area contributed by atoms with Crippen LogP contribution in [0.1, 0.15) is 25.8 Å². The Morgan fingerprint density at radius 1 is 1.08 bits per heavy atom. The summed E-state index contributed by atoms with van der Waals surface area (Å²) in [6, 6.07) is 15.7. The molecule has 0 saturated heterocycles. The van der Waals surface area contributed by atoms with E-state index in [9.17, 15) is 9.59 Å². The molecule has 0 saturated carbocycles. The summed E-state index contributed by atoms with van der Waals surface area (Å²) in [5.74, 6) is -0.454. The SMILES string of the molecule is COc1cccc(-c2ccc(CNC(=O)CC(C)(C)C(=O)O)cc2)c1. The molecule has 2 N–H and O–H groups in total. The van der Waals surface area contributed by atoms with Crippen molar-refractivity contribution in [1.82, 2.24) is 5.32 Å². The van der Waals surface area contributed by atoms with Gasteiger partial charge in [-0.1, -0.05) is 36.4 Å². The quantitative estimate of drug-likeness (QED) is 0.808. The zero-order chi connectivity index (χ0) is 18.4. The number of hydrogen-bond donors (Lipinski definition) is 2. The van der Waals surface area contributed by atoms with Crippen LogP contribution in [0.5, 0.6) is 5.75 Å². The Kier molecular flexibility index (Phi) is 5.80. The molecule has 0 radical (unpaired) electrons. The highest BCUT2D eigenvalue weighted by Gasteiger charge is 2.29. The van der Waals surface area contributed by atoms with E-state index >= 15 is 0 Å². The van der Waals surface area contributed by atoms with E-state index in [1.54, 1.807) is 7.11 Å². The number of carbonyl (C=O) groups is 2. The number of carboxylic acid groups (broad SMARTS) is 1. The predicted molar refractivity (Wildman–Crippen MR) is 96.3 cm³/mol. The van der Waals surface area contributed by atoms with Crippen molar-refractivity contribution >= 4 is 11.9 Å². The molecule has 0 aliphatic rings. The van der Waals surface area contributed by atoms with Crippen LogP contribution in [0.15, 0.2) is 48.5 Å². The number of methoxy groups -OCH3 is 1. The summed E-state index contributed by atoms with van der Waals surface area (Å²) in [7, 11) is 1.64. The van der Waals surface area contributed by atoms with Gasteiger partial charge < -0.3 is 15.2 Å². The highest BCUT2D eigenvalue weighted by atomic mass is 16.5. The van der Waals surface area contributed by atoms with E-state index in [0.717, 1.165) is 22.4 Å². The average molecular weight is 341 g/mol. The molecule has 0 aliphatic carbocycles. The Balaban J connectivity index is 1.96. The lowest BCUT2D eigenvalue weighted by molar-refractivity contribution is -0.149. The molecule has 0 heterocycles. The third-order valence-electron chi connectivity index (χ3n) is 4.03. The molecule has 1 amide bonds. The van der Waals surface area contributed by atoms with Crippen LogP contribution in [0.25, 0.3) is 11.1 Å². The van der Waals surface area contributed by atoms with E-state index in [1.165, 1.54) is 13.8 Å². The number of carbonyl (C=O) groups excluding carboxylic acids is 1. The van der Waals surface area contributed by atoms with Crippen molar-refractivity contribution in [3.63, 3.8) is 0 Å². The van der Waals surface area contributed by atoms with Crippen molar-refractivity contribution in [2.24, 2.45) is 5.41 Å². The molecule has 0 fully saturated rings. The Morgan fingerprint density at radius 2 is 1.76 bits per heavy atom. The average Bonchev–Trinajstić information content (AvgIpc) is 2.60. The molecule has 0 bridgehead atoms. The van der Waals surface area contributed by atoms with Crippen LogP contribution in [-0.4, -0.2) is 24.1 Å². The summed E-state index contributed by atoms with van der Waals surface area (Å²) in [5, 5.41) is 11.8. The number of benzene rings is 2. The Morgan fingerprint density at radius 3 is 2.36 bits per heavy atom. The van der Waals surface area contributed by atoms with Crippen molar-refractivity contribution in [2.75, 3.05) is 7.11 Å². The third kappa shape index (κ3) is 5.08. The molecule has 2 aromatic carbocycles. The highest BCUT2D eigenvalue weighted by molar-refractivity contribution is 5.84. The first kappa shape index (κ1) is 18.5. The molecule has 5 heteroatoms. The molecule has 0 spiro atoms. The van der Waals surface area contributed by atoms with Crippen LogP contribution < -0.4 is 10.1 Å². The maximum atomic E-state index is 11.9. The summed E-state index contributed by atoms with van der Waals surface area (Å²) >= 11 is 0. The van der Waals surface area contributed by atoms with E-state index in [-0.39, 0.29) is 12.3 Å². The molecular formula is C20H23NO4. The monoisotopic (exact) mass is 341 g/mol. The number of rotatable bonds is 7. The first-order valence-corrected chi connectivity index (χ1v) is 8.05. The standard InChI is InChI=1S/C20H23NO4/c1-20(2,19(23)24)12-18(22)21-13-14-7-9-15(10-8-14)16-5-4-6-17(11-16)25-3/h4-11H,12-13H2,1-3H3,(H,21,22)(H,23,24). The largest absolute Gasteiger partial charge is 0.497 e. The van der Waals surface area contributed by atoms with Crippen molar-refractivity contribution in [2.45, 2.75) is 26.8 Å². The second-order valence-corrected chi connectivity index (χ2v) is 6.57. The fraction of sp³-hybridized carbons (Fsp3) is 0.300. The highest BCUT2D eigenvalue weighted by Crippen LogP contribution is 2.24. The van der Waals surface area contributed by atoms with Gasteiger partial charge in [-0.25, -0.2) is 0 Å². The van der Waals surface area contributed by atoms with Gasteiger partial charge in [-0.15, -0.1) is 0 Å². The van der Waals surface area contributed by atoms with Gasteiger partial charge in [0.05, 0.1) is 12.5 Å². The number of nitrogens with one attached hydrogen (secondary N) is 1. The zero-order valence-corrected chi connectivity index (χ0v) is 14.7. The van der Waals surface area contributed by atoms with Crippen LogP contribution in [0.4, 0.5) is 0 Å². The van der Waals surface area contributed by atoms with E-state index in [0.29, 0.717) is 6.54 Å². The summed E-state index contributed by atoms with van der Waals surface area (Å²) < 4.78 is 5.23. The Hall–Kier alpha value is -2.82. The van der Waals surface area contributed by atoms with Crippen molar-refractivity contribution in [3.05, 3.63) is 54.1 Å². The normalized spacial score (nSPS) is 11.0. The van der Waals surface area contributed by atoms with Gasteiger partial charge in [0.1, 0.15) is 5.75 Å². The van der Waals surface area contributed by atoms with Crippen molar-refractivity contribution in [1.29, 1.82) is 0 Å². The van der Waals surface area contributed by atoms with Crippen LogP contribution in [0.2, 0.25) is 0 Å². The molecule has 25 heavy (non-hydrogen) atoms. The molecular weight excluding hydrogens is 318 g/mol. The van der Waals surface area contributed by atoms with Gasteiger partial charge in [-0.05, 0) is 42.7 Å². The molecule has 0 atom stereocenters. The summed E-state index contributed by atoms with van der Waals surface area (Å²) in [4.78, 5) is 23.0. The maximum Gasteiger partial charge on any atom is 0.309 e. The number of hydrogen-bond acceptors (Lipinski definition) is 3. The molecule has 132 valence electrons. The van der Waals surface area contributed by atoms with Crippen LogP contribution in [0, 0.1) is 5.41 Å². The lowest BCUT2D eigenvalue weighted by Gasteiger charge is -2.18. The number of aliphatic carboxylic acids is 1. The minimum atomic E-state index is -1.07. The van der Waals surface area contributed by atoms with Crippen LogP contribution in [0.3, 0.4) is 0 Å². The molecule has 2 aromatic rings. The molecule has 0 unspecified atom stereocenters. The van der Waals surface area contributed by atoms with Crippen LogP contribution >= 0.6 is 0 Å². The smallest absolute Gasteiger partial charge is 0.309 e. The van der Waals surface area contributed by atoms with E-state index in [2.05, 4.69) is 5.32 Å². The van der Waals surface area contributed by atoms with Gasteiger partial charge in [-0.2, -0.15) is 0 Å². The van der Waals surface area contributed by atoms with Crippen molar-refractivity contribution < 1.29 is 19.4 Å². The maximum absolute atomic E-state index is 11.9. The summed E-state index contributed by atoms with van der Waals surface area (Å²) in [6.07, 6.45) is -0.0514. The van der Waals surface area contributed by atoms with Gasteiger partial charge in [-0.3, -0.25) is 9.59 Å². The van der Waals surface area contributed by atoms with Crippen LogP contribution in [-0.2, 0) is 16.1 Å². The number of carboxylic acids is 1. The molecule has 0 aromatic heterocycles. The van der Waals surface area contributed by atoms with Gasteiger partial charge in [0, 0.05) is 13.0 Å². The third-order valence-corrected chi connectivity index (χ3v) is 4.03. The zero-order valence-electron chi connectivity index (χ0n) is 14.7. The second-order valence-electron chi connectivity index (χ2n) is 6.57. The summed E-state index contributed by atoms with van der Waals surface area (Å²) in [5.41, 5.74) is 1.99. The van der Waals surface area contributed by atoms with Gasteiger partial charge in [0.15, 0.2) is 0 Å². The number of amides is 1. The summed E-state index contributed by atoms with van der Waals surface area (Å²) in [6.45, 7) is 3.45. The minimum Gasteiger partial charge on any atom is -0.497 e. The van der Waals surface area contributed by atoms with Gasteiger partial charge >= 0.3 is 5.97 Å². The first-order valence-electron chi connectivity index (χ1n) is 8.05. The molecule has 2 rings (SSSR count). The van der Waals surface area contributed by atoms with E-state index in [4.69, 9.17) is 9.84 Å². The Bertz CT molecular complexity index is 751. The lowest BCUT2D eigenvalue weighted by Crippen LogP contribution is -2.33. The Labute approximate surface area is 147 Å². The van der Waals surface area contributed by atoms with E-state index < -0.39 is 11.4 Å². The van der Waals surface area contributed by atoms with Crippen molar-refractivity contribution in [3.8, 4) is 16.9 Å². The first-order chi connectivity index (χ1) is 11.8. The van der Waals surface area contributed by atoms with Gasteiger partial charge in [0.2, 0.25) is 5.91 Å². The molecule has 5 nitrogen and oxygen atoms in total. The number of ether oxygens (including phenoxy) is 1.